The predicted octanol–water partition coefficient (Wildman–Crippen LogP) is 3.51. The smallest absolute Gasteiger partial charge is 0.329 e. The molecule has 2 aromatic carbocycles. The van der Waals surface area contributed by atoms with E-state index in [9.17, 15) is 14.4 Å². The fourth-order valence-electron chi connectivity index (χ4n) is 3.88. The lowest BCUT2D eigenvalue weighted by Gasteiger charge is -2.25. The number of amides is 2. The number of imide groups is 1. The first-order valence-corrected chi connectivity index (χ1v) is 11.0. The molecule has 0 N–H and O–H groups in total. The van der Waals surface area contributed by atoms with E-state index in [-0.39, 0.29) is 41.8 Å². The van der Waals surface area contributed by atoms with Gasteiger partial charge in [0.2, 0.25) is 5.82 Å². The molecule has 1 aliphatic rings. The molecule has 10 heteroatoms. The summed E-state index contributed by atoms with van der Waals surface area (Å²) in [5.41, 5.74) is 1.17. The fraction of sp³-hybridized carbons (Fsp3) is 0.320. The second-order valence-electron chi connectivity index (χ2n) is 8.36. The van der Waals surface area contributed by atoms with Crippen LogP contribution in [-0.4, -0.2) is 53.1 Å². The molecule has 35 heavy (non-hydrogen) atoms. The summed E-state index contributed by atoms with van der Waals surface area (Å²) in [5, 5.41) is 3.92. The van der Waals surface area contributed by atoms with E-state index in [2.05, 4.69) is 10.1 Å². The van der Waals surface area contributed by atoms with Crippen LogP contribution in [0.15, 0.2) is 47.0 Å². The van der Waals surface area contributed by atoms with Gasteiger partial charge in [0.05, 0.1) is 25.3 Å². The first-order chi connectivity index (χ1) is 16.8. The topological polar surface area (TPSA) is 121 Å². The van der Waals surface area contributed by atoms with Crippen LogP contribution in [0.4, 0.5) is 0 Å². The number of aromatic nitrogens is 2. The number of carbonyl (C=O) groups excluding carboxylic acids is 3. The Kier molecular flexibility index (Phi) is 6.81. The first-order valence-electron chi connectivity index (χ1n) is 11.0. The molecule has 0 aliphatic carbocycles. The van der Waals surface area contributed by atoms with Crippen molar-refractivity contribution in [3.63, 3.8) is 0 Å². The van der Waals surface area contributed by atoms with E-state index >= 15 is 0 Å². The van der Waals surface area contributed by atoms with Crippen molar-refractivity contribution in [2.75, 3.05) is 14.2 Å². The van der Waals surface area contributed by atoms with Crippen molar-refractivity contribution in [2.24, 2.45) is 5.92 Å². The van der Waals surface area contributed by atoms with Gasteiger partial charge in [-0.25, -0.2) is 4.79 Å². The number of rotatable bonds is 9. The average Bonchev–Trinajstić information content (AvgIpc) is 3.43. The molecule has 0 saturated heterocycles. The average molecular weight is 479 g/mol. The van der Waals surface area contributed by atoms with Crippen molar-refractivity contribution in [2.45, 2.75) is 32.9 Å². The number of hydrogen-bond donors (Lipinski definition) is 0. The van der Waals surface area contributed by atoms with Gasteiger partial charge in [0.15, 0.2) is 18.1 Å². The molecule has 182 valence electrons. The van der Waals surface area contributed by atoms with E-state index in [0.29, 0.717) is 17.1 Å². The molecule has 1 unspecified atom stereocenters. The van der Waals surface area contributed by atoms with Gasteiger partial charge in [-0.3, -0.25) is 14.5 Å². The first kappa shape index (κ1) is 23.9. The van der Waals surface area contributed by atoms with Crippen LogP contribution < -0.4 is 9.47 Å². The maximum Gasteiger partial charge on any atom is 0.329 e. The fourth-order valence-corrected chi connectivity index (χ4v) is 3.88. The number of nitrogens with zero attached hydrogens (tertiary/aromatic N) is 3. The van der Waals surface area contributed by atoms with Gasteiger partial charge in [0.25, 0.3) is 17.7 Å². The molecule has 2 amide bonds. The largest absolute Gasteiger partial charge is 0.493 e. The summed E-state index contributed by atoms with van der Waals surface area (Å²) in [6, 6.07) is 10.6. The Morgan fingerprint density at radius 3 is 2.26 bits per heavy atom. The standard InChI is InChI=1S/C25H25N3O7/c1-14(2)11-18(28-23(29)16-7-5-6-8-17(16)24(28)30)25(31)34-13-21-26-22(27-35-21)15-9-10-19(32-3)20(12-15)33-4/h5-10,12,14,18H,11,13H2,1-4H3. The molecular weight excluding hydrogens is 454 g/mol. The molecule has 0 radical (unpaired) electrons. The summed E-state index contributed by atoms with van der Waals surface area (Å²) in [6.45, 7) is 3.48. The van der Waals surface area contributed by atoms with Crippen molar-refractivity contribution in [1.29, 1.82) is 0 Å². The lowest BCUT2D eigenvalue weighted by Crippen LogP contribution is -2.46. The number of benzene rings is 2. The minimum Gasteiger partial charge on any atom is -0.493 e. The molecule has 3 aromatic rings. The molecule has 1 aromatic heterocycles. The minimum absolute atomic E-state index is 0.0249. The highest BCUT2D eigenvalue weighted by molar-refractivity contribution is 6.22. The van der Waals surface area contributed by atoms with Gasteiger partial charge in [-0.1, -0.05) is 31.1 Å². The van der Waals surface area contributed by atoms with Crippen molar-refractivity contribution in [1.82, 2.24) is 15.0 Å². The van der Waals surface area contributed by atoms with Crippen LogP contribution in [-0.2, 0) is 16.1 Å². The Balaban J connectivity index is 1.48. The number of methoxy groups -OCH3 is 2. The SMILES string of the molecule is COc1ccc(-c2noc(COC(=O)C(CC(C)C)N3C(=O)c4ccccc4C3=O)n2)cc1OC. The molecule has 0 bridgehead atoms. The van der Waals surface area contributed by atoms with Crippen LogP contribution in [0.3, 0.4) is 0 Å². The molecule has 1 aliphatic heterocycles. The maximum absolute atomic E-state index is 13.0. The van der Waals surface area contributed by atoms with Crippen molar-refractivity contribution in [3.8, 4) is 22.9 Å². The molecule has 0 fully saturated rings. The summed E-state index contributed by atoms with van der Waals surface area (Å²) >= 11 is 0. The Bertz CT molecular complexity index is 1230. The Labute approximate surface area is 201 Å². The zero-order chi connectivity index (χ0) is 25.1. The van der Waals surface area contributed by atoms with E-state index in [1.807, 2.05) is 13.8 Å². The van der Waals surface area contributed by atoms with Crippen LogP contribution in [0.25, 0.3) is 11.4 Å². The highest BCUT2D eigenvalue weighted by atomic mass is 16.6. The minimum atomic E-state index is -1.07. The van der Waals surface area contributed by atoms with E-state index in [0.717, 1.165) is 4.90 Å². The summed E-state index contributed by atoms with van der Waals surface area (Å²) in [7, 11) is 3.05. The Hall–Kier alpha value is -4.21. The molecule has 0 spiro atoms. The molecule has 1 atom stereocenters. The third-order valence-electron chi connectivity index (χ3n) is 5.55. The summed E-state index contributed by atoms with van der Waals surface area (Å²) in [4.78, 5) is 44.1. The van der Waals surface area contributed by atoms with Gasteiger partial charge in [0.1, 0.15) is 6.04 Å². The van der Waals surface area contributed by atoms with E-state index in [1.165, 1.54) is 14.2 Å². The highest BCUT2D eigenvalue weighted by Crippen LogP contribution is 2.31. The number of fused-ring (bicyclic) bond motifs is 1. The Morgan fingerprint density at radius 1 is 1.00 bits per heavy atom. The predicted molar refractivity (Wildman–Crippen MR) is 123 cm³/mol. The van der Waals surface area contributed by atoms with Gasteiger partial charge < -0.3 is 18.7 Å². The third kappa shape index (κ3) is 4.72. The van der Waals surface area contributed by atoms with Crippen LogP contribution in [0.2, 0.25) is 0 Å². The second kappa shape index (κ2) is 9.96. The van der Waals surface area contributed by atoms with E-state index in [1.54, 1.807) is 42.5 Å². The van der Waals surface area contributed by atoms with Crippen LogP contribution in [0, 0.1) is 5.92 Å². The number of ether oxygens (including phenoxy) is 3. The van der Waals surface area contributed by atoms with Gasteiger partial charge in [-0.15, -0.1) is 0 Å². The van der Waals surface area contributed by atoms with Crippen LogP contribution >= 0.6 is 0 Å². The lowest BCUT2D eigenvalue weighted by molar-refractivity contribution is -0.151. The zero-order valence-corrected chi connectivity index (χ0v) is 19.8. The van der Waals surface area contributed by atoms with E-state index in [4.69, 9.17) is 18.7 Å². The zero-order valence-electron chi connectivity index (χ0n) is 19.8. The molecule has 0 saturated carbocycles. The molecular formula is C25H25N3O7. The van der Waals surface area contributed by atoms with Gasteiger partial charge in [0, 0.05) is 5.56 Å². The summed E-state index contributed by atoms with van der Waals surface area (Å²) in [5.74, 6) is -0.331. The number of hydrogen-bond acceptors (Lipinski definition) is 9. The Morgan fingerprint density at radius 2 is 1.66 bits per heavy atom. The molecule has 4 rings (SSSR count). The summed E-state index contributed by atoms with van der Waals surface area (Å²) in [6.07, 6.45) is 0.255. The lowest BCUT2D eigenvalue weighted by atomic mass is 10.0. The van der Waals surface area contributed by atoms with Gasteiger partial charge >= 0.3 is 5.97 Å². The third-order valence-corrected chi connectivity index (χ3v) is 5.55. The number of carbonyl (C=O) groups is 3. The van der Waals surface area contributed by atoms with E-state index < -0.39 is 23.8 Å². The van der Waals surface area contributed by atoms with Crippen LogP contribution in [0.1, 0.15) is 46.9 Å². The highest BCUT2D eigenvalue weighted by Gasteiger charge is 2.43. The summed E-state index contributed by atoms with van der Waals surface area (Å²) < 4.78 is 21.1. The van der Waals surface area contributed by atoms with Gasteiger partial charge in [-0.05, 0) is 42.7 Å². The van der Waals surface area contributed by atoms with Crippen molar-refractivity contribution >= 4 is 17.8 Å². The normalized spacial score (nSPS) is 13.7. The maximum atomic E-state index is 13.0. The van der Waals surface area contributed by atoms with Crippen molar-refractivity contribution < 1.29 is 33.1 Å². The second-order valence-corrected chi connectivity index (χ2v) is 8.36. The quantitative estimate of drug-likeness (QED) is 0.335. The van der Waals surface area contributed by atoms with Gasteiger partial charge in [-0.2, -0.15) is 4.98 Å². The molecule has 2 heterocycles. The molecule has 10 nitrogen and oxygen atoms in total. The van der Waals surface area contributed by atoms with Crippen molar-refractivity contribution in [3.05, 3.63) is 59.5 Å². The number of esters is 1. The monoisotopic (exact) mass is 479 g/mol. The van der Waals surface area contributed by atoms with Crippen LogP contribution in [0.5, 0.6) is 11.5 Å².